The van der Waals surface area contributed by atoms with Gasteiger partial charge in [0.25, 0.3) is 0 Å². The predicted octanol–water partition coefficient (Wildman–Crippen LogP) is 1.90. The standard InChI is InChI=1S/C10H13ClFNO/c11-8-2-1-3-9(12)10(8)7(6-13)4-5-14/h1-3,7,14H,4-6,13H2. The maximum absolute atomic E-state index is 13.4. The minimum atomic E-state index is -0.360. The molecule has 0 amide bonds. The van der Waals surface area contributed by atoms with Gasteiger partial charge in [0.2, 0.25) is 0 Å². The van der Waals surface area contributed by atoms with Crippen LogP contribution in [-0.2, 0) is 0 Å². The number of hydrogen-bond acceptors (Lipinski definition) is 2. The fraction of sp³-hybridized carbons (Fsp3) is 0.400. The Morgan fingerprint density at radius 2 is 2.21 bits per heavy atom. The molecule has 78 valence electrons. The molecule has 0 saturated heterocycles. The molecule has 14 heavy (non-hydrogen) atoms. The molecular weight excluding hydrogens is 205 g/mol. The van der Waals surface area contributed by atoms with E-state index in [1.165, 1.54) is 6.07 Å². The Morgan fingerprint density at radius 1 is 1.50 bits per heavy atom. The van der Waals surface area contributed by atoms with Gasteiger partial charge in [-0.1, -0.05) is 17.7 Å². The average molecular weight is 218 g/mol. The molecular formula is C10H13ClFNO. The average Bonchev–Trinajstić information content (AvgIpc) is 2.16. The minimum Gasteiger partial charge on any atom is -0.396 e. The molecule has 2 nitrogen and oxygen atoms in total. The zero-order valence-corrected chi connectivity index (χ0v) is 8.47. The molecule has 0 heterocycles. The van der Waals surface area contributed by atoms with Crippen LogP contribution in [0.1, 0.15) is 17.9 Å². The molecule has 0 aliphatic carbocycles. The Kier molecular flexibility index (Phi) is 4.32. The lowest BCUT2D eigenvalue weighted by atomic mass is 9.95. The fourth-order valence-corrected chi connectivity index (χ4v) is 1.75. The van der Waals surface area contributed by atoms with Crippen molar-refractivity contribution >= 4 is 11.6 Å². The van der Waals surface area contributed by atoms with Crippen molar-refractivity contribution in [2.24, 2.45) is 5.73 Å². The summed E-state index contributed by atoms with van der Waals surface area (Å²) in [4.78, 5) is 0. The van der Waals surface area contributed by atoms with Gasteiger partial charge in [-0.2, -0.15) is 0 Å². The fourth-order valence-electron chi connectivity index (χ4n) is 1.44. The summed E-state index contributed by atoms with van der Waals surface area (Å²) in [5, 5.41) is 9.16. The summed E-state index contributed by atoms with van der Waals surface area (Å²) in [6, 6.07) is 4.52. The highest BCUT2D eigenvalue weighted by Crippen LogP contribution is 2.28. The van der Waals surface area contributed by atoms with Gasteiger partial charge in [-0.15, -0.1) is 0 Å². The van der Waals surface area contributed by atoms with Crippen molar-refractivity contribution in [2.75, 3.05) is 13.2 Å². The van der Waals surface area contributed by atoms with Crippen LogP contribution in [0, 0.1) is 5.82 Å². The van der Waals surface area contributed by atoms with Gasteiger partial charge in [0, 0.05) is 23.1 Å². The van der Waals surface area contributed by atoms with Crippen molar-refractivity contribution in [3.05, 3.63) is 34.6 Å². The number of aliphatic hydroxyl groups is 1. The maximum atomic E-state index is 13.4. The predicted molar refractivity (Wildman–Crippen MR) is 54.9 cm³/mol. The van der Waals surface area contributed by atoms with E-state index in [-0.39, 0.29) is 24.9 Å². The Balaban J connectivity index is 3.02. The van der Waals surface area contributed by atoms with Gasteiger partial charge in [-0.05, 0) is 25.1 Å². The van der Waals surface area contributed by atoms with Crippen molar-refractivity contribution in [2.45, 2.75) is 12.3 Å². The number of benzene rings is 1. The van der Waals surface area contributed by atoms with E-state index in [0.717, 1.165) is 0 Å². The molecule has 1 atom stereocenters. The lowest BCUT2D eigenvalue weighted by Gasteiger charge is -2.15. The summed E-state index contributed by atoms with van der Waals surface area (Å²) >= 11 is 5.86. The lowest BCUT2D eigenvalue weighted by Crippen LogP contribution is -2.15. The molecule has 0 spiro atoms. The second-order valence-electron chi connectivity index (χ2n) is 3.08. The van der Waals surface area contributed by atoms with Gasteiger partial charge >= 0.3 is 0 Å². The van der Waals surface area contributed by atoms with Gasteiger partial charge in [0.1, 0.15) is 5.82 Å². The molecule has 0 fully saturated rings. The van der Waals surface area contributed by atoms with Gasteiger partial charge in [0.05, 0.1) is 0 Å². The quantitative estimate of drug-likeness (QED) is 0.809. The van der Waals surface area contributed by atoms with Crippen molar-refractivity contribution in [1.29, 1.82) is 0 Å². The monoisotopic (exact) mass is 217 g/mol. The Morgan fingerprint density at radius 3 is 2.71 bits per heavy atom. The number of hydrogen-bond donors (Lipinski definition) is 2. The molecule has 0 aliphatic rings. The SMILES string of the molecule is NCC(CCO)c1c(F)cccc1Cl. The molecule has 1 aromatic carbocycles. The molecule has 0 bridgehead atoms. The Bertz CT molecular complexity index is 286. The van der Waals surface area contributed by atoms with Crippen LogP contribution < -0.4 is 5.73 Å². The van der Waals surface area contributed by atoms with E-state index >= 15 is 0 Å². The first-order valence-corrected chi connectivity index (χ1v) is 4.83. The molecule has 0 aliphatic heterocycles. The van der Waals surface area contributed by atoms with E-state index in [2.05, 4.69) is 0 Å². The van der Waals surface area contributed by atoms with Gasteiger partial charge in [-0.25, -0.2) is 4.39 Å². The number of nitrogens with two attached hydrogens (primary N) is 1. The zero-order chi connectivity index (χ0) is 10.6. The summed E-state index contributed by atoms with van der Waals surface area (Å²) in [6.45, 7) is 0.258. The Labute approximate surface area is 87.5 Å². The summed E-state index contributed by atoms with van der Waals surface area (Å²) in [6.07, 6.45) is 0.428. The molecule has 1 unspecified atom stereocenters. The molecule has 4 heteroatoms. The van der Waals surface area contributed by atoms with Gasteiger partial charge in [-0.3, -0.25) is 0 Å². The topological polar surface area (TPSA) is 46.2 Å². The molecule has 0 radical (unpaired) electrons. The van der Waals surface area contributed by atoms with Crippen LogP contribution in [0.5, 0.6) is 0 Å². The van der Waals surface area contributed by atoms with Crippen molar-refractivity contribution in [3.63, 3.8) is 0 Å². The van der Waals surface area contributed by atoms with Crippen molar-refractivity contribution in [1.82, 2.24) is 0 Å². The third-order valence-electron chi connectivity index (χ3n) is 2.17. The van der Waals surface area contributed by atoms with Crippen LogP contribution in [0.2, 0.25) is 5.02 Å². The van der Waals surface area contributed by atoms with Crippen LogP contribution in [0.4, 0.5) is 4.39 Å². The number of halogens is 2. The summed E-state index contributed by atoms with van der Waals surface area (Å²) in [7, 11) is 0. The van der Waals surface area contributed by atoms with E-state index in [1.807, 2.05) is 0 Å². The highest BCUT2D eigenvalue weighted by molar-refractivity contribution is 6.31. The summed E-state index contributed by atoms with van der Waals surface area (Å²) in [5.74, 6) is -0.574. The molecule has 3 N–H and O–H groups in total. The first kappa shape index (κ1) is 11.4. The summed E-state index contributed by atoms with van der Waals surface area (Å²) in [5.41, 5.74) is 5.90. The Hall–Kier alpha value is -0.640. The van der Waals surface area contributed by atoms with Gasteiger partial charge in [0.15, 0.2) is 0 Å². The van der Waals surface area contributed by atoms with E-state index in [1.54, 1.807) is 12.1 Å². The van der Waals surface area contributed by atoms with Crippen LogP contribution >= 0.6 is 11.6 Å². The number of aliphatic hydroxyl groups excluding tert-OH is 1. The number of rotatable bonds is 4. The lowest BCUT2D eigenvalue weighted by molar-refractivity contribution is 0.275. The van der Waals surface area contributed by atoms with Crippen LogP contribution in [0.3, 0.4) is 0 Å². The smallest absolute Gasteiger partial charge is 0.128 e. The van der Waals surface area contributed by atoms with Crippen LogP contribution in [0.15, 0.2) is 18.2 Å². The third-order valence-corrected chi connectivity index (χ3v) is 2.50. The zero-order valence-electron chi connectivity index (χ0n) is 7.71. The van der Waals surface area contributed by atoms with E-state index in [0.29, 0.717) is 17.0 Å². The second-order valence-corrected chi connectivity index (χ2v) is 3.49. The second kappa shape index (κ2) is 5.29. The molecule has 0 saturated carbocycles. The summed E-state index contributed by atoms with van der Waals surface area (Å²) < 4.78 is 13.4. The van der Waals surface area contributed by atoms with E-state index in [9.17, 15) is 4.39 Å². The first-order chi connectivity index (χ1) is 6.70. The van der Waals surface area contributed by atoms with E-state index in [4.69, 9.17) is 22.4 Å². The highest BCUT2D eigenvalue weighted by Gasteiger charge is 2.16. The van der Waals surface area contributed by atoms with Crippen LogP contribution in [0.25, 0.3) is 0 Å². The van der Waals surface area contributed by atoms with Crippen molar-refractivity contribution < 1.29 is 9.50 Å². The third kappa shape index (κ3) is 2.44. The normalized spacial score (nSPS) is 12.9. The highest BCUT2D eigenvalue weighted by atomic mass is 35.5. The first-order valence-electron chi connectivity index (χ1n) is 4.45. The molecule has 0 aromatic heterocycles. The van der Waals surface area contributed by atoms with Crippen LogP contribution in [-0.4, -0.2) is 18.3 Å². The van der Waals surface area contributed by atoms with Gasteiger partial charge < -0.3 is 10.8 Å². The maximum Gasteiger partial charge on any atom is 0.128 e. The largest absolute Gasteiger partial charge is 0.396 e. The van der Waals surface area contributed by atoms with Crippen molar-refractivity contribution in [3.8, 4) is 0 Å². The molecule has 1 aromatic rings. The van der Waals surface area contributed by atoms with E-state index < -0.39 is 0 Å². The molecule has 1 rings (SSSR count). The minimum absolute atomic E-state index is 0.0213.